The first kappa shape index (κ1) is 10.7. The zero-order valence-corrected chi connectivity index (χ0v) is 9.78. The van der Waals surface area contributed by atoms with Crippen molar-refractivity contribution in [3.05, 3.63) is 18.2 Å². The summed E-state index contributed by atoms with van der Waals surface area (Å²) in [6.45, 7) is 3.02. The predicted octanol–water partition coefficient (Wildman–Crippen LogP) is 1.79. The quantitative estimate of drug-likeness (QED) is 0.763. The van der Waals surface area contributed by atoms with E-state index in [1.165, 1.54) is 12.8 Å². The molecule has 4 nitrogen and oxygen atoms in total. The lowest BCUT2D eigenvalue weighted by Gasteiger charge is -2.07. The lowest BCUT2D eigenvalue weighted by Crippen LogP contribution is -2.23. The zero-order valence-electron chi connectivity index (χ0n) is 9.78. The SMILES string of the molecule is c1cc2c(cc1OCCNCC1CC1)OCO2. The maximum absolute atomic E-state index is 5.64. The molecule has 17 heavy (non-hydrogen) atoms. The lowest BCUT2D eigenvalue weighted by atomic mass is 10.3. The van der Waals surface area contributed by atoms with Gasteiger partial charge in [-0.1, -0.05) is 0 Å². The number of hydrogen-bond acceptors (Lipinski definition) is 4. The molecule has 92 valence electrons. The number of hydrogen-bond donors (Lipinski definition) is 1. The van der Waals surface area contributed by atoms with Crippen LogP contribution in [0.3, 0.4) is 0 Å². The first-order chi connectivity index (χ1) is 8.42. The summed E-state index contributed by atoms with van der Waals surface area (Å²) < 4.78 is 16.2. The number of rotatable bonds is 6. The van der Waals surface area contributed by atoms with E-state index >= 15 is 0 Å². The molecule has 4 heteroatoms. The predicted molar refractivity (Wildman–Crippen MR) is 63.7 cm³/mol. The highest BCUT2D eigenvalue weighted by molar-refractivity contribution is 5.46. The second-order valence-corrected chi connectivity index (χ2v) is 4.51. The molecule has 1 fully saturated rings. The van der Waals surface area contributed by atoms with Crippen molar-refractivity contribution >= 4 is 0 Å². The lowest BCUT2D eigenvalue weighted by molar-refractivity contribution is 0.173. The van der Waals surface area contributed by atoms with Crippen molar-refractivity contribution in [2.45, 2.75) is 12.8 Å². The summed E-state index contributed by atoms with van der Waals surface area (Å²) in [6.07, 6.45) is 2.77. The highest BCUT2D eigenvalue weighted by Crippen LogP contribution is 2.35. The van der Waals surface area contributed by atoms with Crippen molar-refractivity contribution in [3.63, 3.8) is 0 Å². The van der Waals surface area contributed by atoms with Gasteiger partial charge in [-0.05, 0) is 37.4 Å². The molecule has 1 saturated carbocycles. The van der Waals surface area contributed by atoms with Gasteiger partial charge in [-0.3, -0.25) is 0 Å². The fourth-order valence-electron chi connectivity index (χ4n) is 1.84. The first-order valence-corrected chi connectivity index (χ1v) is 6.15. The molecule has 1 aliphatic carbocycles. The Balaban J connectivity index is 1.41. The van der Waals surface area contributed by atoms with Crippen LogP contribution in [0.15, 0.2) is 18.2 Å². The molecule has 2 aliphatic rings. The van der Waals surface area contributed by atoms with E-state index in [1.54, 1.807) is 0 Å². The van der Waals surface area contributed by atoms with Crippen LogP contribution in [0.5, 0.6) is 17.2 Å². The van der Waals surface area contributed by atoms with Crippen LogP contribution in [0.25, 0.3) is 0 Å². The second kappa shape index (κ2) is 4.84. The van der Waals surface area contributed by atoms with Crippen LogP contribution in [0.2, 0.25) is 0 Å². The van der Waals surface area contributed by atoms with Crippen LogP contribution >= 0.6 is 0 Å². The Labute approximate surface area is 101 Å². The highest BCUT2D eigenvalue weighted by Gasteiger charge is 2.20. The zero-order chi connectivity index (χ0) is 11.5. The Morgan fingerprint density at radius 2 is 2.12 bits per heavy atom. The molecule has 0 saturated heterocycles. The van der Waals surface area contributed by atoms with E-state index in [2.05, 4.69) is 5.32 Å². The minimum atomic E-state index is 0.307. The van der Waals surface area contributed by atoms with E-state index in [1.807, 2.05) is 18.2 Å². The Hall–Kier alpha value is -1.42. The molecular formula is C13H17NO3. The Bertz CT molecular complexity index is 390. The summed E-state index contributed by atoms with van der Waals surface area (Å²) in [5.74, 6) is 3.32. The monoisotopic (exact) mass is 235 g/mol. The number of nitrogens with one attached hydrogen (secondary N) is 1. The fraction of sp³-hybridized carbons (Fsp3) is 0.538. The number of ether oxygens (including phenoxy) is 3. The summed E-state index contributed by atoms with van der Waals surface area (Å²) in [4.78, 5) is 0. The Kier molecular flexibility index (Phi) is 3.05. The minimum absolute atomic E-state index is 0.307. The summed E-state index contributed by atoms with van der Waals surface area (Å²) in [5.41, 5.74) is 0. The normalized spacial score (nSPS) is 17.2. The fourth-order valence-corrected chi connectivity index (χ4v) is 1.84. The van der Waals surface area contributed by atoms with E-state index in [0.717, 1.165) is 36.3 Å². The maximum atomic E-state index is 5.64. The van der Waals surface area contributed by atoms with E-state index in [4.69, 9.17) is 14.2 Å². The summed E-state index contributed by atoms with van der Waals surface area (Å²) in [6, 6.07) is 5.67. The number of fused-ring (bicyclic) bond motifs is 1. The van der Waals surface area contributed by atoms with Gasteiger partial charge >= 0.3 is 0 Å². The van der Waals surface area contributed by atoms with Crippen LogP contribution in [-0.4, -0.2) is 26.5 Å². The van der Waals surface area contributed by atoms with Gasteiger partial charge in [-0.15, -0.1) is 0 Å². The summed E-state index contributed by atoms with van der Waals surface area (Å²) in [7, 11) is 0. The summed E-state index contributed by atoms with van der Waals surface area (Å²) in [5, 5.41) is 3.39. The third-order valence-electron chi connectivity index (χ3n) is 3.02. The van der Waals surface area contributed by atoms with Gasteiger partial charge in [0, 0.05) is 12.6 Å². The molecule has 0 radical (unpaired) electrons. The largest absolute Gasteiger partial charge is 0.492 e. The van der Waals surface area contributed by atoms with Gasteiger partial charge < -0.3 is 19.5 Å². The van der Waals surface area contributed by atoms with Crippen LogP contribution in [0, 0.1) is 5.92 Å². The van der Waals surface area contributed by atoms with Crippen molar-refractivity contribution in [2.75, 3.05) is 26.5 Å². The van der Waals surface area contributed by atoms with Crippen molar-refractivity contribution in [3.8, 4) is 17.2 Å². The molecule has 1 aromatic rings. The van der Waals surface area contributed by atoms with Gasteiger partial charge in [-0.2, -0.15) is 0 Å². The molecule has 1 aromatic carbocycles. The van der Waals surface area contributed by atoms with E-state index in [9.17, 15) is 0 Å². The molecule has 0 atom stereocenters. The van der Waals surface area contributed by atoms with E-state index in [0.29, 0.717) is 13.4 Å². The van der Waals surface area contributed by atoms with Gasteiger partial charge in [0.1, 0.15) is 12.4 Å². The van der Waals surface area contributed by atoms with E-state index in [-0.39, 0.29) is 0 Å². The first-order valence-electron chi connectivity index (χ1n) is 6.15. The van der Waals surface area contributed by atoms with Gasteiger partial charge in [0.05, 0.1) is 0 Å². The standard InChI is InChI=1S/C13H17NO3/c1-2-10(1)8-14-5-6-15-11-3-4-12-13(7-11)17-9-16-12/h3-4,7,10,14H,1-2,5-6,8-9H2. The van der Waals surface area contributed by atoms with Crippen LogP contribution in [-0.2, 0) is 0 Å². The van der Waals surface area contributed by atoms with Crippen molar-refractivity contribution < 1.29 is 14.2 Å². The minimum Gasteiger partial charge on any atom is -0.492 e. The third-order valence-corrected chi connectivity index (χ3v) is 3.02. The van der Waals surface area contributed by atoms with E-state index < -0.39 is 0 Å². The highest BCUT2D eigenvalue weighted by atomic mass is 16.7. The van der Waals surface area contributed by atoms with Gasteiger partial charge in [-0.25, -0.2) is 0 Å². The molecule has 3 rings (SSSR count). The van der Waals surface area contributed by atoms with Crippen molar-refractivity contribution in [2.24, 2.45) is 5.92 Å². The smallest absolute Gasteiger partial charge is 0.231 e. The Morgan fingerprint density at radius 3 is 3.00 bits per heavy atom. The molecule has 0 bridgehead atoms. The van der Waals surface area contributed by atoms with Crippen molar-refractivity contribution in [1.82, 2.24) is 5.32 Å². The van der Waals surface area contributed by atoms with Gasteiger partial charge in [0.25, 0.3) is 0 Å². The molecule has 0 amide bonds. The molecule has 1 heterocycles. The van der Waals surface area contributed by atoms with Crippen molar-refractivity contribution in [1.29, 1.82) is 0 Å². The molecule has 1 N–H and O–H groups in total. The molecular weight excluding hydrogens is 218 g/mol. The second-order valence-electron chi connectivity index (χ2n) is 4.51. The topological polar surface area (TPSA) is 39.7 Å². The maximum Gasteiger partial charge on any atom is 0.231 e. The van der Waals surface area contributed by atoms with Gasteiger partial charge in [0.2, 0.25) is 6.79 Å². The number of benzene rings is 1. The molecule has 1 aliphatic heterocycles. The third kappa shape index (κ3) is 2.82. The average Bonchev–Trinajstić information content (AvgIpc) is 3.05. The molecule has 0 spiro atoms. The van der Waals surface area contributed by atoms with Gasteiger partial charge in [0.15, 0.2) is 11.5 Å². The van der Waals surface area contributed by atoms with Crippen LogP contribution < -0.4 is 19.5 Å². The average molecular weight is 235 g/mol. The summed E-state index contributed by atoms with van der Waals surface area (Å²) >= 11 is 0. The molecule has 0 aromatic heterocycles. The van der Waals surface area contributed by atoms with Crippen LogP contribution in [0.4, 0.5) is 0 Å². The van der Waals surface area contributed by atoms with Crippen LogP contribution in [0.1, 0.15) is 12.8 Å². The molecule has 0 unspecified atom stereocenters. The Morgan fingerprint density at radius 1 is 1.24 bits per heavy atom.